The molecule has 0 bridgehead atoms. The minimum atomic E-state index is -3.77. The van der Waals surface area contributed by atoms with Crippen LogP contribution in [0.5, 0.6) is 0 Å². The fourth-order valence-electron chi connectivity index (χ4n) is 2.52. The highest BCUT2D eigenvalue weighted by Crippen LogP contribution is 2.26. The van der Waals surface area contributed by atoms with Crippen molar-refractivity contribution in [3.8, 4) is 0 Å². The Morgan fingerprint density at radius 1 is 1.35 bits per heavy atom. The molecule has 1 aromatic carbocycles. The molecule has 1 saturated carbocycles. The van der Waals surface area contributed by atoms with Crippen molar-refractivity contribution in [3.63, 3.8) is 0 Å². The number of nitrogens with two attached hydrogens (primary N) is 2. The van der Waals surface area contributed by atoms with Crippen LogP contribution in [0.25, 0.3) is 0 Å². The number of hydrogen-bond donors (Lipinski definition) is 3. The van der Waals surface area contributed by atoms with Crippen molar-refractivity contribution in [1.82, 2.24) is 4.72 Å². The minimum Gasteiger partial charge on any atom is -0.441 e. The number of carbonyl (C=O) groups is 1. The molecule has 2 unspecified atom stereocenters. The molecule has 2 rings (SSSR count). The highest BCUT2D eigenvalue weighted by atomic mass is 32.2. The third-order valence-electron chi connectivity index (χ3n) is 4.00. The first-order valence-electron chi connectivity index (χ1n) is 7.55. The lowest BCUT2D eigenvalue weighted by molar-refractivity contribution is -0.163. The predicted molar refractivity (Wildman–Crippen MR) is 85.8 cm³/mol. The number of hydrogen-bond acceptors (Lipinski definition) is 6. The van der Waals surface area contributed by atoms with Gasteiger partial charge >= 0.3 is 5.97 Å². The Kier molecular flexibility index (Phi) is 5.41. The van der Waals surface area contributed by atoms with Crippen molar-refractivity contribution in [3.05, 3.63) is 29.8 Å². The number of ether oxygens (including phenoxy) is 1. The largest absolute Gasteiger partial charge is 0.441 e. The second-order valence-electron chi connectivity index (χ2n) is 5.92. The molecule has 0 amide bonds. The Balaban J connectivity index is 1.94. The number of sulfonamides is 1. The molecule has 0 aromatic heterocycles. The van der Waals surface area contributed by atoms with E-state index in [0.717, 1.165) is 18.4 Å². The fourth-order valence-corrected chi connectivity index (χ4v) is 3.49. The number of benzene rings is 1. The third-order valence-corrected chi connectivity index (χ3v) is 5.42. The Hall–Kier alpha value is -1.48. The van der Waals surface area contributed by atoms with Crippen LogP contribution < -0.4 is 16.2 Å². The van der Waals surface area contributed by atoms with Crippen LogP contribution in [0.4, 0.5) is 0 Å². The molecule has 1 aliphatic rings. The topological polar surface area (TPSA) is 125 Å². The van der Waals surface area contributed by atoms with Crippen molar-refractivity contribution < 1.29 is 17.9 Å². The van der Waals surface area contributed by atoms with Crippen LogP contribution in [0.15, 0.2) is 29.2 Å². The average molecular weight is 341 g/mol. The highest BCUT2D eigenvalue weighted by Gasteiger charge is 2.38. The van der Waals surface area contributed by atoms with Gasteiger partial charge in [-0.2, -0.15) is 4.72 Å². The van der Waals surface area contributed by atoms with Gasteiger partial charge in [0.05, 0.1) is 10.9 Å². The van der Waals surface area contributed by atoms with Gasteiger partial charge in [-0.1, -0.05) is 24.1 Å². The highest BCUT2D eigenvalue weighted by molar-refractivity contribution is 7.89. The van der Waals surface area contributed by atoms with Gasteiger partial charge in [-0.25, -0.2) is 8.42 Å². The summed E-state index contributed by atoms with van der Waals surface area (Å²) >= 11 is 0. The smallest absolute Gasteiger partial charge is 0.322 e. The van der Waals surface area contributed by atoms with E-state index in [9.17, 15) is 13.2 Å². The molecule has 1 fully saturated rings. The van der Waals surface area contributed by atoms with E-state index in [2.05, 4.69) is 4.72 Å². The molecule has 23 heavy (non-hydrogen) atoms. The van der Waals surface area contributed by atoms with Crippen molar-refractivity contribution >= 4 is 16.0 Å². The summed E-state index contributed by atoms with van der Waals surface area (Å²) in [6.45, 7) is 1.37. The lowest BCUT2D eigenvalue weighted by atomic mass is 9.88. The van der Waals surface area contributed by atoms with E-state index in [1.807, 2.05) is 6.92 Å². The Morgan fingerprint density at radius 2 is 2.00 bits per heavy atom. The molecule has 8 heteroatoms. The average Bonchev–Trinajstić information content (AvgIpc) is 2.49. The van der Waals surface area contributed by atoms with Crippen LogP contribution in [0, 0.1) is 6.92 Å². The van der Waals surface area contributed by atoms with Crippen molar-refractivity contribution in [2.45, 2.75) is 49.3 Å². The first-order valence-corrected chi connectivity index (χ1v) is 9.04. The van der Waals surface area contributed by atoms with Gasteiger partial charge in [0.2, 0.25) is 10.0 Å². The second kappa shape index (κ2) is 6.96. The summed E-state index contributed by atoms with van der Waals surface area (Å²) in [4.78, 5) is 12.0. The molecule has 1 aliphatic carbocycles. The SMILES string of the molecule is Cc1ccc(S(=O)(=O)NCC(=O)OC2(N)CCCCC2N)cc1. The molecule has 0 radical (unpaired) electrons. The van der Waals surface area contributed by atoms with Crippen LogP contribution in [0.2, 0.25) is 0 Å². The van der Waals surface area contributed by atoms with Gasteiger partial charge in [-0.05, 0) is 31.9 Å². The molecule has 7 nitrogen and oxygen atoms in total. The maximum atomic E-state index is 12.1. The molecule has 0 spiro atoms. The monoisotopic (exact) mass is 341 g/mol. The van der Waals surface area contributed by atoms with Gasteiger partial charge in [0, 0.05) is 6.42 Å². The van der Waals surface area contributed by atoms with Crippen molar-refractivity contribution in [1.29, 1.82) is 0 Å². The summed E-state index contributed by atoms with van der Waals surface area (Å²) in [6.07, 6.45) is 2.92. The van der Waals surface area contributed by atoms with Crippen LogP contribution in [0.3, 0.4) is 0 Å². The van der Waals surface area contributed by atoms with Gasteiger partial charge in [0.25, 0.3) is 0 Å². The van der Waals surface area contributed by atoms with E-state index in [1.54, 1.807) is 12.1 Å². The fraction of sp³-hybridized carbons (Fsp3) is 0.533. The van der Waals surface area contributed by atoms with E-state index in [-0.39, 0.29) is 4.90 Å². The standard InChI is InChI=1S/C15H23N3O4S/c1-11-5-7-12(8-6-11)23(20,21)18-10-14(19)22-15(17)9-3-2-4-13(15)16/h5-8,13,18H,2-4,9-10,16-17H2,1H3. The summed E-state index contributed by atoms with van der Waals surface area (Å²) in [7, 11) is -3.77. The molecule has 0 saturated heterocycles. The van der Waals surface area contributed by atoms with E-state index < -0.39 is 34.3 Å². The number of esters is 1. The molecule has 5 N–H and O–H groups in total. The molecule has 0 aliphatic heterocycles. The van der Waals surface area contributed by atoms with Crippen LogP contribution in [-0.4, -0.2) is 32.7 Å². The van der Waals surface area contributed by atoms with Gasteiger partial charge in [-0.15, -0.1) is 0 Å². The maximum absolute atomic E-state index is 12.1. The van der Waals surface area contributed by atoms with E-state index in [0.29, 0.717) is 12.8 Å². The summed E-state index contributed by atoms with van der Waals surface area (Å²) in [6, 6.07) is 5.88. The normalized spacial score (nSPS) is 25.1. The third kappa shape index (κ3) is 4.51. The predicted octanol–water partition coefficient (Wildman–Crippen LogP) is 0.373. The van der Waals surface area contributed by atoms with Crippen LogP contribution >= 0.6 is 0 Å². The van der Waals surface area contributed by atoms with Gasteiger partial charge < -0.3 is 10.5 Å². The van der Waals surface area contributed by atoms with E-state index >= 15 is 0 Å². The molecule has 1 aromatic rings. The Morgan fingerprint density at radius 3 is 2.61 bits per heavy atom. The van der Waals surface area contributed by atoms with Crippen LogP contribution in [-0.2, 0) is 19.6 Å². The Labute approximate surface area is 136 Å². The summed E-state index contributed by atoms with van der Waals surface area (Å²) < 4.78 is 31.7. The number of aryl methyl sites for hydroxylation is 1. The van der Waals surface area contributed by atoms with Crippen molar-refractivity contribution in [2.24, 2.45) is 11.5 Å². The quantitative estimate of drug-likeness (QED) is 0.525. The number of carbonyl (C=O) groups excluding carboxylic acids is 1. The van der Waals surface area contributed by atoms with Crippen LogP contribution in [0.1, 0.15) is 31.2 Å². The lowest BCUT2D eigenvalue weighted by Gasteiger charge is -2.38. The second-order valence-corrected chi connectivity index (χ2v) is 7.69. The van der Waals surface area contributed by atoms with Gasteiger partial charge in [-0.3, -0.25) is 10.5 Å². The van der Waals surface area contributed by atoms with Gasteiger partial charge in [0.1, 0.15) is 6.54 Å². The first kappa shape index (κ1) is 17.9. The van der Waals surface area contributed by atoms with E-state index in [1.165, 1.54) is 12.1 Å². The first-order chi connectivity index (χ1) is 10.7. The van der Waals surface area contributed by atoms with Gasteiger partial charge in [0.15, 0.2) is 5.72 Å². The molecule has 2 atom stereocenters. The summed E-state index contributed by atoms with van der Waals surface area (Å²) in [5, 5.41) is 0. The lowest BCUT2D eigenvalue weighted by Crippen LogP contribution is -2.60. The molecular weight excluding hydrogens is 318 g/mol. The summed E-state index contributed by atoms with van der Waals surface area (Å²) in [5.74, 6) is -0.736. The van der Waals surface area contributed by atoms with E-state index in [4.69, 9.17) is 16.2 Å². The Bertz CT molecular complexity index is 660. The zero-order chi connectivity index (χ0) is 17.1. The molecule has 0 heterocycles. The minimum absolute atomic E-state index is 0.0905. The molecule has 128 valence electrons. The van der Waals surface area contributed by atoms with Crippen molar-refractivity contribution in [2.75, 3.05) is 6.54 Å². The number of rotatable bonds is 5. The summed E-state index contributed by atoms with van der Waals surface area (Å²) in [5.41, 5.74) is 11.7. The number of nitrogens with one attached hydrogen (secondary N) is 1. The molecular formula is C15H23N3O4S. The zero-order valence-corrected chi connectivity index (χ0v) is 13.9. The zero-order valence-electron chi connectivity index (χ0n) is 13.1. The maximum Gasteiger partial charge on any atom is 0.322 e.